The Morgan fingerprint density at radius 1 is 1.20 bits per heavy atom. The van der Waals surface area contributed by atoms with Gasteiger partial charge in [0.25, 0.3) is 11.8 Å². The highest BCUT2D eigenvalue weighted by Gasteiger charge is 2.31. The van der Waals surface area contributed by atoms with Gasteiger partial charge in [0.15, 0.2) is 0 Å². The molecule has 7 heteroatoms. The third-order valence-electron chi connectivity index (χ3n) is 3.83. The molecule has 3 rings (SSSR count). The zero-order valence-corrected chi connectivity index (χ0v) is 14.0. The van der Waals surface area contributed by atoms with E-state index < -0.39 is 11.9 Å². The Bertz CT molecular complexity index is 792. The van der Waals surface area contributed by atoms with Crippen LogP contribution in [0.4, 0.5) is 5.69 Å². The summed E-state index contributed by atoms with van der Waals surface area (Å²) < 4.78 is 0. The Morgan fingerprint density at radius 3 is 2.60 bits per heavy atom. The molecule has 25 heavy (non-hydrogen) atoms. The van der Waals surface area contributed by atoms with Gasteiger partial charge in [-0.25, -0.2) is 10.0 Å². The number of rotatable bonds is 4. The van der Waals surface area contributed by atoms with Crippen LogP contribution in [0, 0.1) is 0 Å². The van der Waals surface area contributed by atoms with Gasteiger partial charge in [-0.05, 0) is 38.1 Å². The molecule has 0 saturated carbocycles. The molecule has 1 aliphatic rings. The molecule has 2 amide bonds. The Balaban J connectivity index is 1.76. The van der Waals surface area contributed by atoms with Gasteiger partial charge in [0.1, 0.15) is 6.04 Å². The number of nitrogens with one attached hydrogen (secondary N) is 2. The van der Waals surface area contributed by atoms with Crippen LogP contribution < -0.4 is 15.8 Å². The van der Waals surface area contributed by atoms with Gasteiger partial charge in [-0.3, -0.25) is 20.0 Å². The molecule has 0 aliphatic carbocycles. The fourth-order valence-electron chi connectivity index (χ4n) is 2.47. The Hall–Kier alpha value is -3.22. The number of carbonyl (C=O) groups excluding carboxylic acids is 2. The average molecular weight is 337 g/mol. The predicted octanol–water partition coefficient (Wildman–Crippen LogP) is 1.60. The number of amidine groups is 1. The molecule has 2 atom stereocenters. The van der Waals surface area contributed by atoms with E-state index in [1.165, 1.54) is 5.01 Å². The van der Waals surface area contributed by atoms with Crippen LogP contribution in [0.2, 0.25) is 0 Å². The lowest BCUT2D eigenvalue weighted by atomic mass is 10.2. The van der Waals surface area contributed by atoms with Crippen molar-refractivity contribution in [2.75, 3.05) is 5.01 Å². The maximum absolute atomic E-state index is 12.5. The van der Waals surface area contributed by atoms with Crippen molar-refractivity contribution in [2.45, 2.75) is 25.9 Å². The summed E-state index contributed by atoms with van der Waals surface area (Å²) >= 11 is 0. The average Bonchev–Trinajstić information content (AvgIpc) is 2.65. The van der Waals surface area contributed by atoms with Crippen molar-refractivity contribution in [2.24, 2.45) is 4.99 Å². The van der Waals surface area contributed by atoms with E-state index >= 15 is 0 Å². The summed E-state index contributed by atoms with van der Waals surface area (Å²) in [6.07, 6.45) is 1.67. The molecule has 2 unspecified atom stereocenters. The number of para-hydroxylation sites is 1. The van der Waals surface area contributed by atoms with E-state index in [0.717, 1.165) is 5.69 Å². The second kappa shape index (κ2) is 7.12. The van der Waals surface area contributed by atoms with Crippen LogP contribution in [0.15, 0.2) is 59.7 Å². The molecule has 0 fully saturated rings. The van der Waals surface area contributed by atoms with Crippen molar-refractivity contribution >= 4 is 23.3 Å². The highest BCUT2D eigenvalue weighted by atomic mass is 16.2. The van der Waals surface area contributed by atoms with E-state index in [1.54, 1.807) is 25.3 Å². The number of carbonyl (C=O) groups is 2. The van der Waals surface area contributed by atoms with Crippen LogP contribution in [0.5, 0.6) is 0 Å². The Kier molecular flexibility index (Phi) is 4.74. The highest BCUT2D eigenvalue weighted by molar-refractivity contribution is 6.39. The monoisotopic (exact) mass is 337 g/mol. The van der Waals surface area contributed by atoms with E-state index in [4.69, 9.17) is 0 Å². The summed E-state index contributed by atoms with van der Waals surface area (Å²) in [5.41, 5.74) is 4.20. The first-order valence-corrected chi connectivity index (χ1v) is 8.01. The second-order valence-corrected chi connectivity index (χ2v) is 5.72. The summed E-state index contributed by atoms with van der Waals surface area (Å²) in [5, 5.41) is 4.19. The number of aliphatic imine (C=N–C) groups is 1. The van der Waals surface area contributed by atoms with Gasteiger partial charge in [0.2, 0.25) is 5.84 Å². The Labute approximate surface area is 145 Å². The molecular formula is C18H19N5O2. The van der Waals surface area contributed by atoms with Crippen molar-refractivity contribution in [3.63, 3.8) is 0 Å². The number of pyridine rings is 1. The molecule has 7 nitrogen and oxygen atoms in total. The number of nitrogens with zero attached hydrogens (tertiary/aromatic N) is 3. The first kappa shape index (κ1) is 16.6. The molecule has 0 saturated heterocycles. The van der Waals surface area contributed by atoms with Crippen LogP contribution >= 0.6 is 0 Å². The van der Waals surface area contributed by atoms with Gasteiger partial charge in [0.05, 0.1) is 17.4 Å². The molecule has 0 bridgehead atoms. The fourth-order valence-corrected chi connectivity index (χ4v) is 2.47. The number of hydrazine groups is 1. The first-order chi connectivity index (χ1) is 12.1. The van der Waals surface area contributed by atoms with Crippen molar-refractivity contribution < 1.29 is 9.59 Å². The third kappa shape index (κ3) is 3.65. The van der Waals surface area contributed by atoms with Gasteiger partial charge >= 0.3 is 0 Å². The minimum Gasteiger partial charge on any atom is -0.341 e. The fraction of sp³-hybridized carbons (Fsp3) is 0.222. The van der Waals surface area contributed by atoms with Crippen LogP contribution in [-0.2, 0) is 9.59 Å². The van der Waals surface area contributed by atoms with Crippen LogP contribution in [0.3, 0.4) is 0 Å². The van der Waals surface area contributed by atoms with Crippen LogP contribution in [-0.4, -0.2) is 28.7 Å². The van der Waals surface area contributed by atoms with Crippen LogP contribution in [0.1, 0.15) is 25.6 Å². The standard InChI is InChI=1S/C18H19N5O2/c1-12(15-10-6-7-11-19-15)21-17(24)16-20-13(2)18(25)23(22-16)14-8-4-3-5-9-14/h3-13H,1-2H3,(H,20,22)(H,21,24). The van der Waals surface area contributed by atoms with Crippen molar-refractivity contribution in [1.82, 2.24) is 15.7 Å². The lowest BCUT2D eigenvalue weighted by Gasteiger charge is -2.30. The molecular weight excluding hydrogens is 318 g/mol. The third-order valence-corrected chi connectivity index (χ3v) is 3.83. The van der Waals surface area contributed by atoms with Crippen molar-refractivity contribution in [3.05, 3.63) is 60.4 Å². The van der Waals surface area contributed by atoms with Gasteiger partial charge < -0.3 is 5.32 Å². The number of anilines is 1. The summed E-state index contributed by atoms with van der Waals surface area (Å²) in [6.45, 7) is 3.50. The summed E-state index contributed by atoms with van der Waals surface area (Å²) in [4.78, 5) is 33.3. The summed E-state index contributed by atoms with van der Waals surface area (Å²) in [7, 11) is 0. The van der Waals surface area contributed by atoms with Crippen molar-refractivity contribution in [1.29, 1.82) is 0 Å². The van der Waals surface area contributed by atoms with E-state index in [0.29, 0.717) is 5.69 Å². The van der Waals surface area contributed by atoms with Gasteiger partial charge in [0, 0.05) is 6.20 Å². The van der Waals surface area contributed by atoms with Gasteiger partial charge in [-0.2, -0.15) is 0 Å². The van der Waals surface area contributed by atoms with Crippen LogP contribution in [0.25, 0.3) is 0 Å². The minimum atomic E-state index is -0.646. The molecule has 128 valence electrons. The number of amides is 2. The maximum Gasteiger partial charge on any atom is 0.288 e. The zero-order valence-electron chi connectivity index (χ0n) is 14.0. The summed E-state index contributed by atoms with van der Waals surface area (Å²) in [6, 6.07) is 13.7. The van der Waals surface area contributed by atoms with E-state index in [2.05, 4.69) is 20.7 Å². The van der Waals surface area contributed by atoms with Crippen molar-refractivity contribution in [3.8, 4) is 0 Å². The number of benzene rings is 1. The lowest BCUT2D eigenvalue weighted by molar-refractivity contribution is -0.120. The van der Waals surface area contributed by atoms with E-state index in [1.807, 2.05) is 43.3 Å². The lowest BCUT2D eigenvalue weighted by Crippen LogP contribution is -2.58. The number of hydrogen-bond acceptors (Lipinski definition) is 5. The predicted molar refractivity (Wildman–Crippen MR) is 94.8 cm³/mol. The molecule has 0 spiro atoms. The molecule has 1 aromatic carbocycles. The molecule has 2 N–H and O–H groups in total. The quantitative estimate of drug-likeness (QED) is 0.887. The summed E-state index contributed by atoms with van der Waals surface area (Å²) in [5.74, 6) is -0.516. The van der Waals surface area contributed by atoms with Gasteiger partial charge in [-0.15, -0.1) is 0 Å². The maximum atomic E-state index is 12.5. The molecule has 1 aromatic heterocycles. The Morgan fingerprint density at radius 2 is 1.92 bits per heavy atom. The second-order valence-electron chi connectivity index (χ2n) is 5.72. The smallest absolute Gasteiger partial charge is 0.288 e. The molecule has 0 radical (unpaired) electrons. The normalized spacial score (nSPS) is 18.2. The molecule has 1 aliphatic heterocycles. The SMILES string of the molecule is CC1N=C(C(=O)NC(C)c2ccccn2)NN(c2ccccc2)C1=O. The highest BCUT2D eigenvalue weighted by Crippen LogP contribution is 2.16. The zero-order chi connectivity index (χ0) is 17.8. The molecule has 2 heterocycles. The van der Waals surface area contributed by atoms with Gasteiger partial charge in [-0.1, -0.05) is 24.3 Å². The first-order valence-electron chi connectivity index (χ1n) is 8.01. The minimum absolute atomic E-state index is 0.0961. The topological polar surface area (TPSA) is 86.7 Å². The number of aromatic nitrogens is 1. The molecule has 2 aromatic rings. The number of hydrogen-bond donors (Lipinski definition) is 2. The van der Waals surface area contributed by atoms with E-state index in [-0.39, 0.29) is 17.8 Å². The largest absolute Gasteiger partial charge is 0.341 e. The van der Waals surface area contributed by atoms with E-state index in [9.17, 15) is 9.59 Å².